The number of rotatable bonds is 15. The minimum Gasteiger partial charge on any atom is -0.463 e. The fourth-order valence-corrected chi connectivity index (χ4v) is 6.25. The van der Waals surface area contributed by atoms with Crippen molar-refractivity contribution >= 4 is 23.9 Å². The van der Waals surface area contributed by atoms with Crippen molar-refractivity contribution in [1.29, 1.82) is 0 Å². The Kier molecular flexibility index (Phi) is 12.8. The van der Waals surface area contributed by atoms with Gasteiger partial charge in [0.05, 0.1) is 30.9 Å². The molecular formula is C36H47N3O7. The zero-order valence-electron chi connectivity index (χ0n) is 27.3. The van der Waals surface area contributed by atoms with Gasteiger partial charge in [-0.05, 0) is 60.9 Å². The maximum atomic E-state index is 13.0. The van der Waals surface area contributed by atoms with Crippen molar-refractivity contribution in [3.63, 3.8) is 0 Å². The minimum absolute atomic E-state index is 0.0121. The number of ether oxygens (including phenoxy) is 3. The van der Waals surface area contributed by atoms with Crippen LogP contribution in [0.1, 0.15) is 83.3 Å². The molecule has 248 valence electrons. The highest BCUT2D eigenvalue weighted by Crippen LogP contribution is 2.44. The third-order valence-electron chi connectivity index (χ3n) is 8.55. The Morgan fingerprint density at radius 3 is 2.13 bits per heavy atom. The van der Waals surface area contributed by atoms with E-state index >= 15 is 0 Å². The Morgan fingerprint density at radius 1 is 0.870 bits per heavy atom. The van der Waals surface area contributed by atoms with Crippen molar-refractivity contribution in [2.24, 2.45) is 0 Å². The first-order valence-corrected chi connectivity index (χ1v) is 16.4. The first-order chi connectivity index (χ1) is 22.2. The number of amides is 3. The number of carbonyl (C=O) groups is 4. The van der Waals surface area contributed by atoms with Gasteiger partial charge in [0.25, 0.3) is 0 Å². The van der Waals surface area contributed by atoms with Gasteiger partial charge in [-0.25, -0.2) is 9.59 Å². The van der Waals surface area contributed by atoms with Crippen LogP contribution in [0.3, 0.4) is 0 Å². The van der Waals surface area contributed by atoms with Crippen LogP contribution in [0, 0.1) is 0 Å². The van der Waals surface area contributed by atoms with Gasteiger partial charge in [0.2, 0.25) is 11.8 Å². The molecule has 0 saturated carbocycles. The molecule has 10 nitrogen and oxygen atoms in total. The van der Waals surface area contributed by atoms with Gasteiger partial charge < -0.3 is 30.2 Å². The molecule has 0 unspecified atom stereocenters. The van der Waals surface area contributed by atoms with Crippen LogP contribution >= 0.6 is 0 Å². The van der Waals surface area contributed by atoms with E-state index in [-0.39, 0.29) is 49.9 Å². The van der Waals surface area contributed by atoms with Gasteiger partial charge in [0.15, 0.2) is 0 Å². The smallest absolute Gasteiger partial charge is 0.407 e. The molecule has 0 heterocycles. The van der Waals surface area contributed by atoms with Gasteiger partial charge >= 0.3 is 12.1 Å². The third kappa shape index (κ3) is 8.96. The fraction of sp³-hybridized carbons (Fsp3) is 0.500. The van der Waals surface area contributed by atoms with Crippen molar-refractivity contribution in [2.75, 3.05) is 19.8 Å². The molecule has 3 N–H and O–H groups in total. The van der Waals surface area contributed by atoms with Crippen LogP contribution in [0.2, 0.25) is 0 Å². The topological polar surface area (TPSA) is 132 Å². The average Bonchev–Trinajstić information content (AvgIpc) is 3.37. The summed E-state index contributed by atoms with van der Waals surface area (Å²) in [7, 11) is 0. The molecule has 2 aliphatic carbocycles. The first-order valence-electron chi connectivity index (χ1n) is 16.4. The Bertz CT molecular complexity index is 1360. The van der Waals surface area contributed by atoms with Gasteiger partial charge in [-0.3, -0.25) is 9.59 Å². The van der Waals surface area contributed by atoms with E-state index in [9.17, 15) is 19.2 Å². The predicted octanol–water partition coefficient (Wildman–Crippen LogP) is 5.15. The highest BCUT2D eigenvalue weighted by Gasteiger charge is 2.38. The number of alkyl carbamates (subject to hydrolysis) is 1. The Balaban J connectivity index is 1.25. The molecule has 4 rings (SSSR count). The van der Waals surface area contributed by atoms with Crippen molar-refractivity contribution in [3.05, 3.63) is 71.3 Å². The summed E-state index contributed by atoms with van der Waals surface area (Å²) in [5, 5.41) is 8.73. The van der Waals surface area contributed by atoms with E-state index < -0.39 is 30.3 Å². The van der Waals surface area contributed by atoms with E-state index in [2.05, 4.69) is 40.2 Å². The molecule has 0 radical (unpaired) electrons. The first kappa shape index (κ1) is 34.7. The van der Waals surface area contributed by atoms with Crippen LogP contribution in [0.25, 0.3) is 11.1 Å². The largest absolute Gasteiger partial charge is 0.463 e. The SMILES string of the molecule is CCOC(=O)C1=C[C@@H](OC(CC)CC)[C@H](NC(C)=O)[C@@H](NC(=O)CCCCNC(=O)OCC2c3ccccc3-c3ccccc32)C1. The van der Waals surface area contributed by atoms with E-state index in [1.807, 2.05) is 38.1 Å². The van der Waals surface area contributed by atoms with E-state index in [0.29, 0.717) is 25.0 Å². The highest BCUT2D eigenvalue weighted by atomic mass is 16.5. The van der Waals surface area contributed by atoms with Crippen molar-refractivity contribution < 1.29 is 33.4 Å². The molecule has 0 aromatic heterocycles. The molecule has 0 aliphatic heterocycles. The summed E-state index contributed by atoms with van der Waals surface area (Å²) in [6, 6.07) is 15.3. The number of nitrogens with one attached hydrogen (secondary N) is 3. The Hall–Kier alpha value is -4.18. The van der Waals surface area contributed by atoms with Crippen molar-refractivity contribution in [2.45, 2.75) is 96.4 Å². The number of hydrogen-bond acceptors (Lipinski definition) is 7. The molecule has 3 atom stereocenters. The monoisotopic (exact) mass is 633 g/mol. The summed E-state index contributed by atoms with van der Waals surface area (Å²) < 4.78 is 17.1. The van der Waals surface area contributed by atoms with Crippen LogP contribution in [-0.2, 0) is 28.6 Å². The van der Waals surface area contributed by atoms with Crippen LogP contribution in [0.4, 0.5) is 4.79 Å². The van der Waals surface area contributed by atoms with E-state index in [4.69, 9.17) is 14.2 Å². The molecule has 2 aromatic rings. The van der Waals surface area contributed by atoms with Gasteiger partial charge in [0, 0.05) is 37.8 Å². The van der Waals surface area contributed by atoms with Crippen LogP contribution in [-0.4, -0.2) is 67.9 Å². The number of esters is 1. The maximum absolute atomic E-state index is 13.0. The summed E-state index contributed by atoms with van der Waals surface area (Å²) >= 11 is 0. The fourth-order valence-electron chi connectivity index (χ4n) is 6.25. The second kappa shape index (κ2) is 16.9. The number of carbonyl (C=O) groups excluding carboxylic acids is 4. The molecule has 0 fully saturated rings. The van der Waals surface area contributed by atoms with Crippen molar-refractivity contribution in [1.82, 2.24) is 16.0 Å². The summed E-state index contributed by atoms with van der Waals surface area (Å²) in [6.45, 7) is 8.02. The lowest BCUT2D eigenvalue weighted by Crippen LogP contribution is -2.59. The zero-order valence-corrected chi connectivity index (χ0v) is 27.3. The molecule has 10 heteroatoms. The van der Waals surface area contributed by atoms with Gasteiger partial charge in [-0.2, -0.15) is 0 Å². The standard InChI is InChI=1S/C36H47N3O7/c1-5-25(6-2)46-32-21-24(35(42)44-7-3)20-31(34(32)38-23(4)40)39-33(41)18-12-13-19-37-36(43)45-22-30-28-16-10-8-14-26(28)27-15-9-11-17-29(27)30/h8-11,14-17,21,25,30-32,34H,5-7,12-13,18-20,22H2,1-4H3,(H,37,43)(H,38,40)(H,39,41)/t31-,32+,34+/m0/s1. The normalized spacial score (nSPS) is 18.6. The van der Waals surface area contributed by atoms with Gasteiger partial charge in [-0.15, -0.1) is 0 Å². The average molecular weight is 634 g/mol. The molecule has 3 amide bonds. The Morgan fingerprint density at radius 2 is 1.52 bits per heavy atom. The third-order valence-corrected chi connectivity index (χ3v) is 8.55. The van der Waals surface area contributed by atoms with Crippen LogP contribution in [0.15, 0.2) is 60.2 Å². The second-order valence-corrected chi connectivity index (χ2v) is 11.8. The predicted molar refractivity (Wildman–Crippen MR) is 175 cm³/mol. The molecule has 46 heavy (non-hydrogen) atoms. The zero-order chi connectivity index (χ0) is 33.1. The molecular weight excluding hydrogens is 586 g/mol. The summed E-state index contributed by atoms with van der Waals surface area (Å²) in [4.78, 5) is 50.3. The van der Waals surface area contributed by atoms with E-state index in [1.165, 1.54) is 18.1 Å². The Labute approximate surface area is 271 Å². The lowest BCUT2D eigenvalue weighted by Gasteiger charge is -2.38. The van der Waals surface area contributed by atoms with Gasteiger partial charge in [-0.1, -0.05) is 62.4 Å². The number of fused-ring (bicyclic) bond motifs is 3. The summed E-state index contributed by atoms with van der Waals surface area (Å²) in [6.07, 6.45) is 3.61. The number of unbranched alkanes of at least 4 members (excludes halogenated alkanes) is 1. The van der Waals surface area contributed by atoms with Gasteiger partial charge in [0.1, 0.15) is 6.61 Å². The highest BCUT2D eigenvalue weighted by molar-refractivity contribution is 5.89. The van der Waals surface area contributed by atoms with Crippen LogP contribution in [0.5, 0.6) is 0 Å². The number of hydrogen-bond donors (Lipinski definition) is 3. The molecule has 2 aromatic carbocycles. The lowest BCUT2D eigenvalue weighted by molar-refractivity contribution is -0.139. The number of benzene rings is 2. The molecule has 0 spiro atoms. The summed E-state index contributed by atoms with van der Waals surface area (Å²) in [5.74, 6) is -0.940. The lowest BCUT2D eigenvalue weighted by atomic mass is 9.87. The molecule has 0 saturated heterocycles. The maximum Gasteiger partial charge on any atom is 0.407 e. The molecule has 0 bridgehead atoms. The van der Waals surface area contributed by atoms with E-state index in [1.54, 1.807) is 13.0 Å². The van der Waals surface area contributed by atoms with Crippen molar-refractivity contribution in [3.8, 4) is 11.1 Å². The minimum atomic E-state index is -0.603. The summed E-state index contributed by atoms with van der Waals surface area (Å²) in [5.41, 5.74) is 5.06. The second-order valence-electron chi connectivity index (χ2n) is 11.8. The van der Waals surface area contributed by atoms with E-state index in [0.717, 1.165) is 24.0 Å². The quantitative estimate of drug-likeness (QED) is 0.183. The molecule has 2 aliphatic rings. The van der Waals surface area contributed by atoms with Crippen LogP contribution < -0.4 is 16.0 Å².